The first-order chi connectivity index (χ1) is 15.3. The van der Waals surface area contributed by atoms with Crippen LogP contribution in [0.1, 0.15) is 72.5 Å². The lowest BCUT2D eigenvalue weighted by Crippen LogP contribution is -2.47. The molecule has 0 atom stereocenters. The average Bonchev–Trinajstić information content (AvgIpc) is 3.23. The van der Waals surface area contributed by atoms with Crippen LogP contribution in [0.15, 0.2) is 29.6 Å². The second-order valence-corrected chi connectivity index (χ2v) is 9.46. The first kappa shape index (κ1) is 22.3. The molecular weight excluding hydrogens is 402 g/mol. The van der Waals surface area contributed by atoms with Crippen molar-refractivity contribution in [3.05, 3.63) is 63.3 Å². The summed E-state index contributed by atoms with van der Waals surface area (Å²) in [6.45, 7) is 11.2. The van der Waals surface area contributed by atoms with Crippen LogP contribution in [0, 0.1) is 6.92 Å². The highest BCUT2D eigenvalue weighted by molar-refractivity contribution is 5.96. The van der Waals surface area contributed by atoms with E-state index in [9.17, 15) is 9.59 Å². The number of ether oxygens (including phenoxy) is 1. The van der Waals surface area contributed by atoms with E-state index in [1.165, 1.54) is 18.2 Å². The van der Waals surface area contributed by atoms with Crippen LogP contribution >= 0.6 is 0 Å². The normalized spacial score (nSPS) is 17.5. The molecule has 2 aromatic rings. The molecule has 4 rings (SSSR count). The van der Waals surface area contributed by atoms with E-state index in [0.717, 1.165) is 31.2 Å². The summed E-state index contributed by atoms with van der Waals surface area (Å²) in [5.74, 6) is 0.578. The lowest BCUT2D eigenvalue weighted by molar-refractivity contribution is 0.0636. The van der Waals surface area contributed by atoms with E-state index >= 15 is 0 Å². The summed E-state index contributed by atoms with van der Waals surface area (Å²) in [5, 5.41) is 0. The Labute approximate surface area is 189 Å². The third kappa shape index (κ3) is 3.76. The zero-order valence-corrected chi connectivity index (χ0v) is 19.6. The van der Waals surface area contributed by atoms with Gasteiger partial charge in [-0.15, -0.1) is 0 Å². The molecule has 6 nitrogen and oxygen atoms in total. The van der Waals surface area contributed by atoms with Crippen molar-refractivity contribution >= 4 is 12.0 Å². The summed E-state index contributed by atoms with van der Waals surface area (Å²) < 4.78 is 7.30. The van der Waals surface area contributed by atoms with Gasteiger partial charge >= 0.3 is 5.56 Å². The van der Waals surface area contributed by atoms with Crippen molar-refractivity contribution in [2.24, 2.45) is 0 Å². The van der Waals surface area contributed by atoms with Gasteiger partial charge in [-0.3, -0.25) is 9.59 Å². The molecule has 2 heterocycles. The number of fused-ring (bicyclic) bond motifs is 1. The van der Waals surface area contributed by atoms with Crippen LogP contribution in [-0.2, 0) is 18.4 Å². The summed E-state index contributed by atoms with van der Waals surface area (Å²) in [7, 11) is 1.43. The maximum absolute atomic E-state index is 13.3. The molecule has 0 radical (unpaired) electrons. The highest BCUT2D eigenvalue weighted by Gasteiger charge is 2.39. The van der Waals surface area contributed by atoms with Gasteiger partial charge in [-0.2, -0.15) is 4.98 Å². The highest BCUT2D eigenvalue weighted by Crippen LogP contribution is 2.44. The van der Waals surface area contributed by atoms with Crippen molar-refractivity contribution in [3.8, 4) is 5.75 Å². The molecule has 2 aliphatic rings. The monoisotopic (exact) mass is 435 g/mol. The molecule has 0 bridgehead atoms. The standard InChI is InChI=1S/C26H33N3O3/c1-6-19-13-18(4)14-20(15-19)26(9-7-8-10-26)16-21-27-24(30)23(32-5)22-25(31)28(17(2)3)11-12-29(21)22/h6,13-15,17H,1,7-12,16H2,2-5H3. The molecule has 6 heteroatoms. The molecule has 1 amide bonds. The van der Waals surface area contributed by atoms with Gasteiger partial charge < -0.3 is 14.2 Å². The smallest absolute Gasteiger partial charge is 0.316 e. The van der Waals surface area contributed by atoms with Crippen molar-refractivity contribution in [1.82, 2.24) is 14.5 Å². The Morgan fingerprint density at radius 2 is 1.91 bits per heavy atom. The fourth-order valence-corrected chi connectivity index (χ4v) is 5.45. The SMILES string of the molecule is C=Cc1cc(C)cc(C2(Cc3nc(=O)c(OC)c4n3CCN(C(C)C)C4=O)CCCC2)c1. The number of rotatable bonds is 6. The summed E-state index contributed by atoms with van der Waals surface area (Å²) in [6.07, 6.45) is 6.88. The van der Waals surface area contributed by atoms with Crippen molar-refractivity contribution in [3.63, 3.8) is 0 Å². The number of aromatic nitrogens is 2. The van der Waals surface area contributed by atoms with Gasteiger partial charge in [-0.25, -0.2) is 0 Å². The fraction of sp³-hybridized carbons (Fsp3) is 0.500. The number of carbonyl (C=O) groups excluding carboxylic acids is 1. The molecule has 1 aromatic carbocycles. The summed E-state index contributed by atoms with van der Waals surface area (Å²) >= 11 is 0. The number of methoxy groups -OCH3 is 1. The second-order valence-electron chi connectivity index (χ2n) is 9.46. The van der Waals surface area contributed by atoms with Gasteiger partial charge in [0.05, 0.1) is 7.11 Å². The molecule has 1 fully saturated rings. The molecule has 0 unspecified atom stereocenters. The third-order valence-corrected chi connectivity index (χ3v) is 7.08. The van der Waals surface area contributed by atoms with Crippen molar-refractivity contribution in [1.29, 1.82) is 0 Å². The molecule has 1 aliphatic heterocycles. The fourth-order valence-electron chi connectivity index (χ4n) is 5.45. The Kier molecular flexibility index (Phi) is 5.97. The molecule has 1 aliphatic carbocycles. The molecule has 0 spiro atoms. The van der Waals surface area contributed by atoms with E-state index in [2.05, 4.69) is 36.7 Å². The largest absolute Gasteiger partial charge is 0.489 e. The maximum atomic E-state index is 13.3. The zero-order valence-electron chi connectivity index (χ0n) is 19.6. The molecule has 1 aromatic heterocycles. The molecule has 170 valence electrons. The predicted octanol–water partition coefficient (Wildman–Crippen LogP) is 4.12. The van der Waals surface area contributed by atoms with Gasteiger partial charge in [0.2, 0.25) is 5.75 Å². The van der Waals surface area contributed by atoms with Gasteiger partial charge in [0.25, 0.3) is 5.91 Å². The van der Waals surface area contributed by atoms with E-state index < -0.39 is 5.56 Å². The molecule has 32 heavy (non-hydrogen) atoms. The van der Waals surface area contributed by atoms with E-state index in [1.54, 1.807) is 4.90 Å². The van der Waals surface area contributed by atoms with Crippen LogP contribution in [0.25, 0.3) is 6.08 Å². The first-order valence-corrected chi connectivity index (χ1v) is 11.5. The number of nitrogens with zero attached hydrogens (tertiary/aromatic N) is 3. The number of benzene rings is 1. The van der Waals surface area contributed by atoms with E-state index in [-0.39, 0.29) is 23.1 Å². The van der Waals surface area contributed by atoms with Crippen molar-refractivity contribution < 1.29 is 9.53 Å². The van der Waals surface area contributed by atoms with E-state index in [4.69, 9.17) is 4.74 Å². The second kappa shape index (κ2) is 8.57. The van der Waals surface area contributed by atoms with Crippen LogP contribution in [0.3, 0.4) is 0 Å². The Morgan fingerprint density at radius 3 is 2.53 bits per heavy atom. The Bertz CT molecular complexity index is 1110. The van der Waals surface area contributed by atoms with Gasteiger partial charge in [-0.1, -0.05) is 49.3 Å². The first-order valence-electron chi connectivity index (χ1n) is 11.5. The minimum atomic E-state index is -0.461. The topological polar surface area (TPSA) is 64.4 Å². The number of hydrogen-bond donors (Lipinski definition) is 0. The maximum Gasteiger partial charge on any atom is 0.316 e. The quantitative estimate of drug-likeness (QED) is 0.685. The number of aryl methyl sites for hydroxylation is 1. The van der Waals surface area contributed by atoms with Crippen LogP contribution in [0.2, 0.25) is 0 Å². The number of carbonyl (C=O) groups is 1. The number of hydrogen-bond acceptors (Lipinski definition) is 4. The Hall–Kier alpha value is -2.89. The Balaban J connectivity index is 1.85. The van der Waals surface area contributed by atoms with Crippen LogP contribution in [0.5, 0.6) is 5.75 Å². The van der Waals surface area contributed by atoms with Crippen LogP contribution in [-0.4, -0.2) is 40.1 Å². The van der Waals surface area contributed by atoms with E-state index in [1.807, 2.05) is 24.5 Å². The average molecular weight is 436 g/mol. The van der Waals surface area contributed by atoms with Crippen molar-refractivity contribution in [2.75, 3.05) is 13.7 Å². The van der Waals surface area contributed by atoms with Gasteiger partial charge in [-0.05, 0) is 44.7 Å². The zero-order chi connectivity index (χ0) is 23.0. The van der Waals surface area contributed by atoms with Crippen LogP contribution < -0.4 is 10.3 Å². The predicted molar refractivity (Wildman–Crippen MR) is 126 cm³/mol. The minimum absolute atomic E-state index is 0.0501. The number of amides is 1. The van der Waals surface area contributed by atoms with Gasteiger partial charge in [0.15, 0.2) is 5.69 Å². The molecule has 1 saturated carbocycles. The van der Waals surface area contributed by atoms with E-state index in [0.29, 0.717) is 31.0 Å². The molecular formula is C26H33N3O3. The molecule has 0 N–H and O–H groups in total. The summed E-state index contributed by atoms with van der Waals surface area (Å²) in [4.78, 5) is 32.5. The van der Waals surface area contributed by atoms with Crippen LogP contribution in [0.4, 0.5) is 0 Å². The minimum Gasteiger partial charge on any atom is -0.489 e. The molecule has 0 saturated heterocycles. The summed E-state index contributed by atoms with van der Waals surface area (Å²) in [6, 6.07) is 6.66. The van der Waals surface area contributed by atoms with Crippen molar-refractivity contribution in [2.45, 2.75) is 70.9 Å². The van der Waals surface area contributed by atoms with Gasteiger partial charge in [0.1, 0.15) is 5.82 Å². The lowest BCUT2D eigenvalue weighted by atomic mass is 9.75. The van der Waals surface area contributed by atoms with Gasteiger partial charge in [0, 0.05) is 31.0 Å². The lowest BCUT2D eigenvalue weighted by Gasteiger charge is -2.36. The summed E-state index contributed by atoms with van der Waals surface area (Å²) in [5.41, 5.74) is 3.36. The Morgan fingerprint density at radius 1 is 1.19 bits per heavy atom. The highest BCUT2D eigenvalue weighted by atomic mass is 16.5. The third-order valence-electron chi connectivity index (χ3n) is 7.08.